The first-order valence-corrected chi connectivity index (χ1v) is 9.13. The van der Waals surface area contributed by atoms with Crippen LogP contribution in [0, 0.1) is 5.41 Å². The van der Waals surface area contributed by atoms with E-state index in [0.717, 1.165) is 12.8 Å². The fourth-order valence-electron chi connectivity index (χ4n) is 2.47. The van der Waals surface area contributed by atoms with Gasteiger partial charge in [-0.3, -0.25) is 14.5 Å². The molecule has 0 aromatic carbocycles. The van der Waals surface area contributed by atoms with Gasteiger partial charge in [0.2, 0.25) is 5.37 Å². The summed E-state index contributed by atoms with van der Waals surface area (Å²) in [6, 6.07) is -0.694. The lowest BCUT2D eigenvalue weighted by Crippen LogP contribution is -2.77. The Labute approximate surface area is 141 Å². The van der Waals surface area contributed by atoms with E-state index in [1.165, 1.54) is 4.90 Å². The van der Waals surface area contributed by atoms with Gasteiger partial charge in [-0.15, -0.1) is 12.4 Å². The SMILES string of the molecule is CCCCOC(=O)C1(CBr)CN2C(=O)C(N)[C@H]2[S+]([O-])C1.Cl. The normalized spacial score (nSPS) is 34.6. The van der Waals surface area contributed by atoms with Gasteiger partial charge in [-0.25, -0.2) is 0 Å². The van der Waals surface area contributed by atoms with E-state index in [9.17, 15) is 14.1 Å². The van der Waals surface area contributed by atoms with Crippen LogP contribution >= 0.6 is 28.3 Å². The van der Waals surface area contributed by atoms with Crippen molar-refractivity contribution in [2.45, 2.75) is 31.2 Å². The van der Waals surface area contributed by atoms with E-state index in [1.54, 1.807) is 0 Å². The quantitative estimate of drug-likeness (QED) is 0.235. The molecule has 0 aromatic heterocycles. The molecule has 122 valence electrons. The van der Waals surface area contributed by atoms with Crippen LogP contribution in [0.3, 0.4) is 0 Å². The highest BCUT2D eigenvalue weighted by molar-refractivity contribution is 9.09. The zero-order valence-electron chi connectivity index (χ0n) is 11.7. The summed E-state index contributed by atoms with van der Waals surface area (Å²) in [5.74, 6) is -0.441. The number of hydrogen-bond acceptors (Lipinski definition) is 5. The van der Waals surface area contributed by atoms with E-state index in [4.69, 9.17) is 10.5 Å². The summed E-state index contributed by atoms with van der Waals surface area (Å²) in [5, 5.41) is -0.124. The van der Waals surface area contributed by atoms with Crippen LogP contribution in [-0.4, -0.2) is 57.0 Å². The molecule has 2 fully saturated rings. The minimum atomic E-state index is -1.33. The first kappa shape index (κ1) is 19.0. The Kier molecular flexibility index (Phi) is 6.80. The van der Waals surface area contributed by atoms with Gasteiger partial charge in [-0.2, -0.15) is 0 Å². The number of nitrogens with two attached hydrogens (primary N) is 1. The second kappa shape index (κ2) is 7.50. The topological polar surface area (TPSA) is 95.7 Å². The van der Waals surface area contributed by atoms with Crippen LogP contribution in [0.1, 0.15) is 19.8 Å². The van der Waals surface area contributed by atoms with Crippen LogP contribution in [0.5, 0.6) is 0 Å². The first-order valence-electron chi connectivity index (χ1n) is 6.63. The highest BCUT2D eigenvalue weighted by Gasteiger charge is 2.62. The van der Waals surface area contributed by atoms with E-state index < -0.39 is 28.0 Å². The third-order valence-electron chi connectivity index (χ3n) is 3.76. The van der Waals surface area contributed by atoms with Gasteiger partial charge in [0.05, 0.1) is 6.61 Å². The molecule has 3 unspecified atom stereocenters. The summed E-state index contributed by atoms with van der Waals surface area (Å²) in [7, 11) is 0. The van der Waals surface area contributed by atoms with E-state index in [1.807, 2.05) is 6.92 Å². The number of esters is 1. The second-order valence-electron chi connectivity index (χ2n) is 5.31. The maximum absolute atomic E-state index is 12.3. The number of nitrogens with zero attached hydrogens (tertiary/aromatic N) is 1. The van der Waals surface area contributed by atoms with E-state index in [-0.39, 0.29) is 36.6 Å². The van der Waals surface area contributed by atoms with Crippen molar-refractivity contribution in [1.29, 1.82) is 0 Å². The number of carbonyl (C=O) groups excluding carboxylic acids is 2. The van der Waals surface area contributed by atoms with Crippen LogP contribution in [0.4, 0.5) is 0 Å². The highest BCUT2D eigenvalue weighted by Crippen LogP contribution is 2.39. The number of ether oxygens (including phenoxy) is 1. The summed E-state index contributed by atoms with van der Waals surface area (Å²) in [4.78, 5) is 25.5. The van der Waals surface area contributed by atoms with Gasteiger partial charge >= 0.3 is 5.97 Å². The number of halogens is 2. The molecule has 2 rings (SSSR count). The molecule has 0 aromatic rings. The molecule has 9 heteroatoms. The Morgan fingerprint density at radius 1 is 1.67 bits per heavy atom. The number of unbranched alkanes of at least 4 members (excludes halogenated alkanes) is 1. The lowest BCUT2D eigenvalue weighted by atomic mass is 9.89. The monoisotopic (exact) mass is 402 g/mol. The molecule has 0 aliphatic carbocycles. The van der Waals surface area contributed by atoms with Gasteiger partial charge in [0.25, 0.3) is 5.91 Å². The molecule has 2 aliphatic rings. The van der Waals surface area contributed by atoms with Gasteiger partial charge < -0.3 is 15.0 Å². The summed E-state index contributed by atoms with van der Waals surface area (Å²) < 4.78 is 17.5. The molecular weight excluding hydrogens is 384 g/mol. The number of amides is 1. The molecular formula is C12H20BrClN2O4S. The highest BCUT2D eigenvalue weighted by atomic mass is 79.9. The van der Waals surface area contributed by atoms with E-state index in [0.29, 0.717) is 11.9 Å². The number of carbonyl (C=O) groups is 2. The van der Waals surface area contributed by atoms with Crippen LogP contribution in [-0.2, 0) is 25.5 Å². The van der Waals surface area contributed by atoms with Crippen LogP contribution < -0.4 is 5.73 Å². The Morgan fingerprint density at radius 3 is 2.90 bits per heavy atom. The maximum Gasteiger partial charge on any atom is 0.319 e. The second-order valence-corrected chi connectivity index (χ2v) is 7.40. The molecule has 2 saturated heterocycles. The molecule has 6 nitrogen and oxygen atoms in total. The van der Waals surface area contributed by atoms with Crippen molar-refractivity contribution in [3.8, 4) is 0 Å². The summed E-state index contributed by atoms with van der Waals surface area (Å²) in [5.41, 5.74) is 4.73. The van der Waals surface area contributed by atoms with Crippen molar-refractivity contribution >= 4 is 51.4 Å². The molecule has 0 saturated carbocycles. The van der Waals surface area contributed by atoms with Gasteiger partial charge in [-0.05, 0) is 17.6 Å². The number of hydrogen-bond donors (Lipinski definition) is 1. The minimum absolute atomic E-state index is 0. The van der Waals surface area contributed by atoms with Gasteiger partial charge in [0, 0.05) is 11.9 Å². The molecule has 1 amide bonds. The fourth-order valence-corrected chi connectivity index (χ4v) is 5.27. The van der Waals surface area contributed by atoms with E-state index >= 15 is 0 Å². The average Bonchev–Trinajstić information content (AvgIpc) is 2.45. The third kappa shape index (κ3) is 3.34. The lowest BCUT2D eigenvalue weighted by Gasteiger charge is -2.52. The van der Waals surface area contributed by atoms with Gasteiger partial charge in [-0.1, -0.05) is 29.3 Å². The fraction of sp³-hybridized carbons (Fsp3) is 0.833. The van der Waals surface area contributed by atoms with Crippen LogP contribution in [0.25, 0.3) is 0 Å². The lowest BCUT2D eigenvalue weighted by molar-refractivity contribution is -0.160. The van der Waals surface area contributed by atoms with Crippen molar-refractivity contribution < 1.29 is 18.9 Å². The van der Waals surface area contributed by atoms with Gasteiger partial charge in [0.15, 0.2) is 6.04 Å². The summed E-state index contributed by atoms with van der Waals surface area (Å²) in [6.45, 7) is 2.59. The maximum atomic E-state index is 12.3. The van der Waals surface area contributed by atoms with Crippen molar-refractivity contribution in [2.75, 3.05) is 24.2 Å². The Hall–Kier alpha value is -0.0200. The molecule has 0 radical (unpaired) electrons. The van der Waals surface area contributed by atoms with Crippen LogP contribution in [0.15, 0.2) is 0 Å². The van der Waals surface area contributed by atoms with Crippen molar-refractivity contribution in [3.05, 3.63) is 0 Å². The Bertz CT molecular complexity index is 417. The van der Waals surface area contributed by atoms with Crippen molar-refractivity contribution in [3.63, 3.8) is 0 Å². The molecule has 2 heterocycles. The predicted octanol–water partition coefficient (Wildman–Crippen LogP) is 0.391. The number of alkyl halides is 1. The number of β-lactam (4-membered cyclic amide) rings is 1. The van der Waals surface area contributed by atoms with Crippen molar-refractivity contribution in [1.82, 2.24) is 4.90 Å². The summed E-state index contributed by atoms with van der Waals surface area (Å²) >= 11 is 1.98. The number of fused-ring (bicyclic) bond motifs is 1. The minimum Gasteiger partial charge on any atom is -0.615 e. The van der Waals surface area contributed by atoms with E-state index in [2.05, 4.69) is 15.9 Å². The van der Waals surface area contributed by atoms with Gasteiger partial charge in [0.1, 0.15) is 11.2 Å². The largest absolute Gasteiger partial charge is 0.615 e. The Morgan fingerprint density at radius 2 is 2.33 bits per heavy atom. The third-order valence-corrected chi connectivity index (χ3v) is 6.76. The van der Waals surface area contributed by atoms with Crippen molar-refractivity contribution in [2.24, 2.45) is 11.1 Å². The summed E-state index contributed by atoms with van der Waals surface area (Å²) in [6.07, 6.45) is 1.73. The zero-order valence-corrected chi connectivity index (χ0v) is 15.0. The molecule has 2 N–H and O–H groups in total. The molecule has 4 atom stereocenters. The smallest absolute Gasteiger partial charge is 0.319 e. The van der Waals surface area contributed by atoms with Crippen LogP contribution in [0.2, 0.25) is 0 Å². The standard InChI is InChI=1S/C12H19BrN2O4S.ClH/c1-2-3-4-19-11(17)12(5-13)6-15-9(16)8(14)10(15)20(18)7-12;/h8,10H,2-7,14H2,1H3;1H/t8?,10-,12?,20?;/m1./s1. The molecule has 0 spiro atoms. The molecule has 21 heavy (non-hydrogen) atoms. The zero-order chi connectivity index (χ0) is 14.9. The molecule has 0 bridgehead atoms. The number of rotatable bonds is 5. The Balaban J connectivity index is 0.00000220. The first-order chi connectivity index (χ1) is 9.46. The predicted molar refractivity (Wildman–Crippen MR) is 85.8 cm³/mol. The molecule has 2 aliphatic heterocycles. The average molecular weight is 404 g/mol.